The van der Waals surface area contributed by atoms with E-state index in [-0.39, 0.29) is 69.1 Å². The number of rotatable bonds is 4. The second-order valence-corrected chi connectivity index (χ2v) is 12.0. The molecule has 0 aliphatic carbocycles. The van der Waals surface area contributed by atoms with Gasteiger partial charge in [-0.05, 0) is 43.5 Å². The van der Waals surface area contributed by atoms with Gasteiger partial charge in [-0.2, -0.15) is 4.98 Å². The molecule has 1 fully saturated rings. The number of anilines is 1. The number of aryl methyl sites for hydroxylation is 1. The SMILES string of the molecule is C=CC(=O)N1CC(C)N2c3nc(=O)n(-c4c(C)ccnc4C(C)C)c4c(F)c(-c5ccccc5F)c(Cl)c(c34)OCCC2C1. The van der Waals surface area contributed by atoms with Gasteiger partial charge in [-0.15, -0.1) is 0 Å². The molecule has 4 heterocycles. The van der Waals surface area contributed by atoms with Crippen LogP contribution in [0.1, 0.15) is 44.4 Å². The summed E-state index contributed by atoms with van der Waals surface area (Å²) in [6.45, 7) is 12.1. The summed E-state index contributed by atoms with van der Waals surface area (Å²) in [6.07, 6.45) is 3.37. The fourth-order valence-electron chi connectivity index (χ4n) is 6.48. The summed E-state index contributed by atoms with van der Waals surface area (Å²) in [6, 6.07) is 6.91. The smallest absolute Gasteiger partial charge is 0.354 e. The number of ether oxygens (including phenoxy) is 1. The molecule has 0 N–H and O–H groups in total. The molecule has 1 amide bonds. The molecule has 2 aromatic heterocycles. The van der Waals surface area contributed by atoms with Gasteiger partial charge in [-0.25, -0.2) is 13.6 Å². The number of fused-ring (bicyclic) bond motifs is 2. The van der Waals surface area contributed by atoms with Crippen LogP contribution in [0.2, 0.25) is 5.02 Å². The van der Waals surface area contributed by atoms with Crippen LogP contribution < -0.4 is 15.3 Å². The molecule has 1 saturated heterocycles. The lowest BCUT2D eigenvalue weighted by Crippen LogP contribution is -2.60. The van der Waals surface area contributed by atoms with Gasteiger partial charge >= 0.3 is 5.69 Å². The molecular weight excluding hydrogens is 588 g/mol. The van der Waals surface area contributed by atoms with Gasteiger partial charge < -0.3 is 14.5 Å². The van der Waals surface area contributed by atoms with E-state index < -0.39 is 17.3 Å². The monoisotopic (exact) mass is 619 g/mol. The van der Waals surface area contributed by atoms with Crippen molar-refractivity contribution in [3.05, 3.63) is 87.6 Å². The van der Waals surface area contributed by atoms with Gasteiger partial charge in [0, 0.05) is 42.9 Å². The Hall–Kier alpha value is -4.31. The predicted octanol–water partition coefficient (Wildman–Crippen LogP) is 6.19. The number of carbonyl (C=O) groups is 1. The van der Waals surface area contributed by atoms with E-state index in [2.05, 4.69) is 16.5 Å². The van der Waals surface area contributed by atoms with Gasteiger partial charge in [0.05, 0.1) is 34.4 Å². The van der Waals surface area contributed by atoms with Crippen molar-refractivity contribution in [3.8, 4) is 22.6 Å². The van der Waals surface area contributed by atoms with Crippen molar-refractivity contribution >= 4 is 34.2 Å². The van der Waals surface area contributed by atoms with Crippen LogP contribution in [0, 0.1) is 18.6 Å². The summed E-state index contributed by atoms with van der Waals surface area (Å²) in [5.74, 6) is -1.57. The zero-order valence-corrected chi connectivity index (χ0v) is 25.7. The van der Waals surface area contributed by atoms with Gasteiger partial charge in [-0.1, -0.05) is 50.2 Å². The number of nitrogens with zero attached hydrogens (tertiary/aromatic N) is 5. The van der Waals surface area contributed by atoms with Crippen molar-refractivity contribution in [3.63, 3.8) is 0 Å². The van der Waals surface area contributed by atoms with Crippen molar-refractivity contribution in [1.82, 2.24) is 19.4 Å². The summed E-state index contributed by atoms with van der Waals surface area (Å²) in [4.78, 5) is 39.6. The van der Waals surface area contributed by atoms with E-state index in [1.807, 2.05) is 32.6 Å². The topological polar surface area (TPSA) is 80.6 Å². The number of amides is 1. The lowest BCUT2D eigenvalue weighted by atomic mass is 9.97. The number of aromatic nitrogens is 3. The lowest BCUT2D eigenvalue weighted by Gasteiger charge is -2.47. The first-order valence-corrected chi connectivity index (χ1v) is 14.9. The second-order valence-electron chi connectivity index (χ2n) is 11.6. The van der Waals surface area contributed by atoms with Crippen LogP contribution in [0.3, 0.4) is 0 Å². The maximum absolute atomic E-state index is 17.3. The lowest BCUT2D eigenvalue weighted by molar-refractivity contribution is -0.127. The highest BCUT2D eigenvalue weighted by Crippen LogP contribution is 2.49. The molecule has 4 aromatic rings. The van der Waals surface area contributed by atoms with Gasteiger partial charge in [0.25, 0.3) is 0 Å². The van der Waals surface area contributed by atoms with Crippen LogP contribution in [0.5, 0.6) is 5.75 Å². The summed E-state index contributed by atoms with van der Waals surface area (Å²) in [5, 5.41) is 0.0807. The average Bonchev–Trinajstić information content (AvgIpc) is 2.98. The summed E-state index contributed by atoms with van der Waals surface area (Å²) in [7, 11) is 0. The van der Waals surface area contributed by atoms with Crippen LogP contribution in [0.4, 0.5) is 14.6 Å². The standard InChI is InChI=1S/C33H32ClF2N5O3/c1-6-23(42)39-15-19(5)40-20(16-39)12-14-44-31-25-30(27(36)24(26(31)34)21-9-7-8-10-22(21)35)41(33(43)38-32(25)40)29-18(4)11-13-37-28(29)17(2)3/h6-11,13,17,19-20H,1,12,14-16H2,2-5H3. The minimum Gasteiger partial charge on any atom is -0.491 e. The fourth-order valence-corrected chi connectivity index (χ4v) is 6.82. The average molecular weight is 620 g/mol. The minimum atomic E-state index is -0.883. The molecule has 2 aliphatic rings. The molecule has 2 unspecified atom stereocenters. The predicted molar refractivity (Wildman–Crippen MR) is 167 cm³/mol. The zero-order valence-electron chi connectivity index (χ0n) is 24.9. The van der Waals surface area contributed by atoms with E-state index in [0.717, 1.165) is 0 Å². The van der Waals surface area contributed by atoms with Crippen LogP contribution in [-0.2, 0) is 4.79 Å². The van der Waals surface area contributed by atoms with Crippen LogP contribution in [0.15, 0.2) is 54.0 Å². The first-order chi connectivity index (χ1) is 21.0. The highest BCUT2D eigenvalue weighted by Gasteiger charge is 2.40. The molecule has 11 heteroatoms. The molecule has 44 heavy (non-hydrogen) atoms. The number of hydrogen-bond acceptors (Lipinski definition) is 6. The first kappa shape index (κ1) is 29.7. The Morgan fingerprint density at radius 3 is 2.66 bits per heavy atom. The molecule has 0 radical (unpaired) electrons. The molecule has 0 saturated carbocycles. The van der Waals surface area contributed by atoms with Gasteiger partial charge in [0.2, 0.25) is 5.91 Å². The third-order valence-electron chi connectivity index (χ3n) is 8.43. The molecule has 228 valence electrons. The molecular formula is C33H32ClF2N5O3. The Bertz CT molecular complexity index is 1890. The third kappa shape index (κ3) is 4.63. The first-order valence-electron chi connectivity index (χ1n) is 14.6. The van der Waals surface area contributed by atoms with Gasteiger partial charge in [0.15, 0.2) is 11.6 Å². The third-order valence-corrected chi connectivity index (χ3v) is 8.79. The summed E-state index contributed by atoms with van der Waals surface area (Å²) < 4.78 is 40.0. The van der Waals surface area contributed by atoms with E-state index in [0.29, 0.717) is 36.5 Å². The van der Waals surface area contributed by atoms with Crippen LogP contribution >= 0.6 is 11.6 Å². The summed E-state index contributed by atoms with van der Waals surface area (Å²) in [5.41, 5.74) is 0.512. The molecule has 6 rings (SSSR count). The van der Waals surface area contributed by atoms with Crippen molar-refractivity contribution in [2.75, 3.05) is 24.6 Å². The quantitative estimate of drug-likeness (QED) is 0.254. The zero-order chi connectivity index (χ0) is 31.4. The molecule has 8 nitrogen and oxygen atoms in total. The Labute approximate surface area is 258 Å². The Balaban J connectivity index is 1.77. The number of hydrogen-bond donors (Lipinski definition) is 0. The second kappa shape index (κ2) is 11.3. The van der Waals surface area contributed by atoms with Gasteiger partial charge in [-0.3, -0.25) is 14.3 Å². The van der Waals surface area contributed by atoms with E-state index in [1.54, 1.807) is 23.2 Å². The number of benzene rings is 2. The van der Waals surface area contributed by atoms with Crippen LogP contribution in [0.25, 0.3) is 27.7 Å². The maximum Gasteiger partial charge on any atom is 0.354 e. The maximum atomic E-state index is 17.3. The van der Waals surface area contributed by atoms with Gasteiger partial charge in [0.1, 0.15) is 17.2 Å². The molecule has 2 atom stereocenters. The van der Waals surface area contributed by atoms with E-state index in [9.17, 15) is 9.59 Å². The van der Waals surface area contributed by atoms with Crippen LogP contribution in [-0.4, -0.2) is 57.1 Å². The molecule has 2 aromatic carbocycles. The van der Waals surface area contributed by atoms with Crippen molar-refractivity contribution < 1.29 is 18.3 Å². The van der Waals surface area contributed by atoms with E-state index >= 15 is 8.78 Å². The number of carbonyl (C=O) groups excluding carboxylic acids is 1. The minimum absolute atomic E-state index is 0.0639. The van der Waals surface area contributed by atoms with E-state index in [1.165, 1.54) is 28.8 Å². The Morgan fingerprint density at radius 2 is 1.95 bits per heavy atom. The largest absolute Gasteiger partial charge is 0.491 e. The van der Waals surface area contributed by atoms with E-state index in [4.69, 9.17) is 16.3 Å². The Kier molecular flexibility index (Phi) is 7.65. The van der Waals surface area contributed by atoms with Crippen molar-refractivity contribution in [2.24, 2.45) is 0 Å². The number of halogens is 3. The highest BCUT2D eigenvalue weighted by molar-refractivity contribution is 6.36. The Morgan fingerprint density at radius 1 is 1.20 bits per heavy atom. The van der Waals surface area contributed by atoms with Crippen molar-refractivity contribution in [2.45, 2.75) is 52.1 Å². The molecule has 2 aliphatic heterocycles. The normalized spacial score (nSPS) is 18.1. The number of pyridine rings is 1. The molecule has 0 spiro atoms. The molecule has 0 bridgehead atoms. The fraction of sp³-hybridized carbons (Fsp3) is 0.333. The summed E-state index contributed by atoms with van der Waals surface area (Å²) >= 11 is 6.94. The number of piperazine rings is 1. The van der Waals surface area contributed by atoms with Crippen molar-refractivity contribution in [1.29, 1.82) is 0 Å². The highest BCUT2D eigenvalue weighted by atomic mass is 35.5.